The van der Waals surface area contributed by atoms with Crippen molar-refractivity contribution < 1.29 is 4.74 Å². The number of pyridine rings is 1. The molecule has 1 saturated heterocycles. The van der Waals surface area contributed by atoms with E-state index in [1.54, 1.807) is 0 Å². The monoisotopic (exact) mass is 202 g/mol. The lowest BCUT2D eigenvalue weighted by molar-refractivity contribution is 0.182. The lowest BCUT2D eigenvalue weighted by atomic mass is 10.1. The van der Waals surface area contributed by atoms with Crippen LogP contribution in [0.3, 0.4) is 0 Å². The molecule has 0 aliphatic carbocycles. The Balaban J connectivity index is 1.90. The number of ether oxygens (including phenoxy) is 1. The summed E-state index contributed by atoms with van der Waals surface area (Å²) in [5.74, 6) is 0.655. The van der Waals surface area contributed by atoms with E-state index in [4.69, 9.17) is 4.74 Å². The summed E-state index contributed by atoms with van der Waals surface area (Å²) >= 11 is 0. The standard InChI is InChI=1S/C12H14N2O/c1-2-11-3-6-14(12(11)13-5-1)8-10-4-7-15-9-10/h1-3,5-6,10H,4,7-9H2. The second-order valence-corrected chi connectivity index (χ2v) is 4.11. The lowest BCUT2D eigenvalue weighted by Gasteiger charge is -2.09. The Labute approximate surface area is 88.7 Å². The first-order valence-corrected chi connectivity index (χ1v) is 5.41. The molecule has 0 spiro atoms. The molecule has 0 bridgehead atoms. The largest absolute Gasteiger partial charge is 0.381 e. The predicted molar refractivity (Wildman–Crippen MR) is 58.7 cm³/mol. The van der Waals surface area contributed by atoms with Gasteiger partial charge in [-0.05, 0) is 24.6 Å². The van der Waals surface area contributed by atoms with Crippen molar-refractivity contribution in [2.75, 3.05) is 13.2 Å². The van der Waals surface area contributed by atoms with Crippen LogP contribution in [0, 0.1) is 5.92 Å². The van der Waals surface area contributed by atoms with Crippen molar-refractivity contribution in [2.45, 2.75) is 13.0 Å². The van der Waals surface area contributed by atoms with Crippen molar-refractivity contribution in [3.8, 4) is 0 Å². The molecule has 0 saturated carbocycles. The van der Waals surface area contributed by atoms with Crippen LogP contribution in [-0.4, -0.2) is 22.8 Å². The maximum absolute atomic E-state index is 5.38. The molecule has 2 aromatic heterocycles. The SMILES string of the molecule is c1cnc2c(c1)ccn2CC1CCOC1. The van der Waals surface area contributed by atoms with Gasteiger partial charge in [0.2, 0.25) is 0 Å². The minimum Gasteiger partial charge on any atom is -0.381 e. The molecule has 1 fully saturated rings. The average molecular weight is 202 g/mol. The highest BCUT2D eigenvalue weighted by atomic mass is 16.5. The number of aromatic nitrogens is 2. The third-order valence-electron chi connectivity index (χ3n) is 3.00. The van der Waals surface area contributed by atoms with Crippen LogP contribution >= 0.6 is 0 Å². The third kappa shape index (κ3) is 1.63. The van der Waals surface area contributed by atoms with Crippen molar-refractivity contribution in [1.29, 1.82) is 0 Å². The molecule has 3 rings (SSSR count). The van der Waals surface area contributed by atoms with Crippen LogP contribution in [-0.2, 0) is 11.3 Å². The normalized spacial score (nSPS) is 21.2. The van der Waals surface area contributed by atoms with Crippen molar-refractivity contribution in [3.05, 3.63) is 30.6 Å². The molecule has 2 aromatic rings. The molecule has 0 N–H and O–H groups in total. The zero-order valence-corrected chi connectivity index (χ0v) is 8.60. The summed E-state index contributed by atoms with van der Waals surface area (Å²) in [6.07, 6.45) is 5.15. The topological polar surface area (TPSA) is 27.1 Å². The third-order valence-corrected chi connectivity index (χ3v) is 3.00. The smallest absolute Gasteiger partial charge is 0.139 e. The Hall–Kier alpha value is -1.35. The van der Waals surface area contributed by atoms with Crippen LogP contribution in [0.1, 0.15) is 6.42 Å². The van der Waals surface area contributed by atoms with E-state index in [9.17, 15) is 0 Å². The van der Waals surface area contributed by atoms with Crippen molar-refractivity contribution in [2.24, 2.45) is 5.92 Å². The zero-order valence-electron chi connectivity index (χ0n) is 8.60. The van der Waals surface area contributed by atoms with Gasteiger partial charge in [-0.15, -0.1) is 0 Å². The minimum absolute atomic E-state index is 0.655. The summed E-state index contributed by atoms with van der Waals surface area (Å²) < 4.78 is 7.62. The quantitative estimate of drug-likeness (QED) is 0.745. The number of fused-ring (bicyclic) bond motifs is 1. The molecule has 1 aliphatic heterocycles. The van der Waals surface area contributed by atoms with Gasteiger partial charge in [0.25, 0.3) is 0 Å². The van der Waals surface area contributed by atoms with Gasteiger partial charge in [0, 0.05) is 36.8 Å². The first-order valence-electron chi connectivity index (χ1n) is 5.41. The van der Waals surface area contributed by atoms with Crippen molar-refractivity contribution >= 4 is 11.0 Å². The Morgan fingerprint density at radius 2 is 2.47 bits per heavy atom. The fourth-order valence-electron chi connectivity index (χ4n) is 2.17. The molecule has 1 aliphatic rings. The average Bonchev–Trinajstić information content (AvgIpc) is 2.89. The Morgan fingerprint density at radius 1 is 1.47 bits per heavy atom. The van der Waals surface area contributed by atoms with Gasteiger partial charge in [0.15, 0.2) is 0 Å². The zero-order chi connectivity index (χ0) is 10.1. The van der Waals surface area contributed by atoms with E-state index in [0.29, 0.717) is 5.92 Å². The Bertz CT molecular complexity index is 457. The highest BCUT2D eigenvalue weighted by Crippen LogP contribution is 2.18. The summed E-state index contributed by atoms with van der Waals surface area (Å²) in [6.45, 7) is 2.84. The van der Waals surface area contributed by atoms with E-state index in [2.05, 4.69) is 27.9 Å². The fourth-order valence-corrected chi connectivity index (χ4v) is 2.17. The van der Waals surface area contributed by atoms with Gasteiger partial charge >= 0.3 is 0 Å². The van der Waals surface area contributed by atoms with Gasteiger partial charge in [-0.1, -0.05) is 0 Å². The Kier molecular flexibility index (Phi) is 2.18. The number of hydrogen-bond donors (Lipinski definition) is 0. The minimum atomic E-state index is 0.655. The number of nitrogens with zero attached hydrogens (tertiary/aromatic N) is 2. The second-order valence-electron chi connectivity index (χ2n) is 4.11. The second kappa shape index (κ2) is 3.66. The van der Waals surface area contributed by atoms with Crippen molar-refractivity contribution in [3.63, 3.8) is 0 Å². The van der Waals surface area contributed by atoms with E-state index in [1.165, 1.54) is 11.8 Å². The van der Waals surface area contributed by atoms with E-state index in [0.717, 1.165) is 25.4 Å². The van der Waals surface area contributed by atoms with Gasteiger partial charge < -0.3 is 9.30 Å². The maximum atomic E-state index is 5.38. The van der Waals surface area contributed by atoms with Crippen molar-refractivity contribution in [1.82, 2.24) is 9.55 Å². The number of rotatable bonds is 2. The molecular weight excluding hydrogens is 188 g/mol. The molecular formula is C12H14N2O. The molecule has 3 heterocycles. The molecule has 15 heavy (non-hydrogen) atoms. The van der Waals surface area contributed by atoms with Gasteiger partial charge in [0.05, 0.1) is 6.61 Å². The van der Waals surface area contributed by atoms with Crippen LogP contribution in [0.15, 0.2) is 30.6 Å². The highest BCUT2D eigenvalue weighted by Gasteiger charge is 2.16. The summed E-state index contributed by atoms with van der Waals surface area (Å²) in [7, 11) is 0. The lowest BCUT2D eigenvalue weighted by Crippen LogP contribution is -2.09. The highest BCUT2D eigenvalue weighted by molar-refractivity contribution is 5.75. The molecule has 1 atom stereocenters. The maximum Gasteiger partial charge on any atom is 0.139 e. The van der Waals surface area contributed by atoms with E-state index in [1.807, 2.05) is 12.3 Å². The first kappa shape index (κ1) is 8.92. The van der Waals surface area contributed by atoms with E-state index in [-0.39, 0.29) is 0 Å². The molecule has 0 aromatic carbocycles. The molecule has 1 unspecified atom stereocenters. The first-order chi connectivity index (χ1) is 7.43. The number of hydrogen-bond acceptors (Lipinski definition) is 2. The molecule has 3 heteroatoms. The Morgan fingerprint density at radius 3 is 3.33 bits per heavy atom. The van der Waals surface area contributed by atoms with Crippen LogP contribution < -0.4 is 0 Å². The predicted octanol–water partition coefficient (Wildman–Crippen LogP) is 2.07. The molecule has 0 amide bonds. The summed E-state index contributed by atoms with van der Waals surface area (Å²) in [5, 5.41) is 1.22. The fraction of sp³-hybridized carbons (Fsp3) is 0.417. The van der Waals surface area contributed by atoms with Gasteiger partial charge in [0.1, 0.15) is 5.65 Å². The summed E-state index contributed by atoms with van der Waals surface area (Å²) in [4.78, 5) is 4.41. The van der Waals surface area contributed by atoms with Gasteiger partial charge in [-0.25, -0.2) is 4.98 Å². The molecule has 3 nitrogen and oxygen atoms in total. The van der Waals surface area contributed by atoms with E-state index < -0.39 is 0 Å². The van der Waals surface area contributed by atoms with Gasteiger partial charge in [-0.2, -0.15) is 0 Å². The van der Waals surface area contributed by atoms with Crippen LogP contribution in [0.2, 0.25) is 0 Å². The van der Waals surface area contributed by atoms with Crippen LogP contribution in [0.25, 0.3) is 11.0 Å². The van der Waals surface area contributed by atoms with Gasteiger partial charge in [-0.3, -0.25) is 0 Å². The van der Waals surface area contributed by atoms with Crippen LogP contribution in [0.5, 0.6) is 0 Å². The van der Waals surface area contributed by atoms with E-state index >= 15 is 0 Å². The van der Waals surface area contributed by atoms with Crippen LogP contribution in [0.4, 0.5) is 0 Å². The molecule has 0 radical (unpaired) electrons. The summed E-state index contributed by atoms with van der Waals surface area (Å²) in [6, 6.07) is 6.20. The molecule has 78 valence electrons. The summed E-state index contributed by atoms with van der Waals surface area (Å²) in [5.41, 5.74) is 1.09.